The van der Waals surface area contributed by atoms with Crippen molar-refractivity contribution in [3.63, 3.8) is 0 Å². The highest BCUT2D eigenvalue weighted by Crippen LogP contribution is 2.31. The van der Waals surface area contributed by atoms with Gasteiger partial charge in [0.1, 0.15) is 29.6 Å². The first-order chi connectivity index (χ1) is 25.0. The zero-order valence-corrected chi connectivity index (χ0v) is 30.8. The molecular weight excluding hydrogens is 668 g/mol. The number of phenols is 2. The number of carbonyl (C=O) groups excluding carboxylic acids is 4. The molecule has 5 atom stereocenters. The number of hydrogen-bond acceptors (Lipinski definition) is 11. The van der Waals surface area contributed by atoms with Gasteiger partial charge in [-0.25, -0.2) is 0 Å². The van der Waals surface area contributed by atoms with E-state index in [0.717, 1.165) is 5.56 Å². The van der Waals surface area contributed by atoms with Crippen molar-refractivity contribution in [3.8, 4) is 22.6 Å². The van der Waals surface area contributed by atoms with Crippen LogP contribution >= 0.6 is 0 Å². The topological polar surface area (TPSA) is 225 Å². The number of carbonyl (C=O) groups is 4. The first-order valence-electron chi connectivity index (χ1n) is 18.1. The number of rotatable bonds is 18. The minimum Gasteiger partial charge on any atom is -0.508 e. The molecule has 0 aromatic heterocycles. The summed E-state index contributed by atoms with van der Waals surface area (Å²) in [5, 5.41) is 54.6. The van der Waals surface area contributed by atoms with Crippen LogP contribution in [0.25, 0.3) is 11.1 Å². The molecule has 0 aliphatic carbocycles. The molecule has 1 heterocycles. The predicted molar refractivity (Wildman–Crippen MR) is 200 cm³/mol. The number of aliphatic hydroxyl groups excluding tert-OH is 1. The Morgan fingerprint density at radius 2 is 1.42 bits per heavy atom. The maximum absolute atomic E-state index is 14.1. The second-order valence-corrected chi connectivity index (χ2v) is 13.2. The monoisotopic (exact) mass is 726 g/mol. The summed E-state index contributed by atoms with van der Waals surface area (Å²) in [5.41, 5.74) is 2.31. The summed E-state index contributed by atoms with van der Waals surface area (Å²) in [6, 6.07) is 5.98. The van der Waals surface area contributed by atoms with E-state index in [4.69, 9.17) is 0 Å². The van der Waals surface area contributed by atoms with E-state index < -0.39 is 41.9 Å². The van der Waals surface area contributed by atoms with Crippen LogP contribution < -0.4 is 42.5 Å². The summed E-state index contributed by atoms with van der Waals surface area (Å²) in [4.78, 5) is 55.1. The van der Waals surface area contributed by atoms with Crippen LogP contribution in [0.2, 0.25) is 0 Å². The van der Waals surface area contributed by atoms with E-state index in [9.17, 15) is 34.5 Å². The highest BCUT2D eigenvalue weighted by atomic mass is 16.3. The zero-order chi connectivity index (χ0) is 38.0. The first kappa shape index (κ1) is 42.1. The molecular formula is C37H58N8O7. The number of aromatic hydroxyl groups is 2. The van der Waals surface area contributed by atoms with E-state index in [0.29, 0.717) is 68.4 Å². The summed E-state index contributed by atoms with van der Waals surface area (Å²) in [6.07, 6.45) is 3.00. The van der Waals surface area contributed by atoms with Gasteiger partial charge in [0.2, 0.25) is 23.6 Å². The lowest BCUT2D eigenvalue weighted by molar-refractivity contribution is -0.134. The van der Waals surface area contributed by atoms with Gasteiger partial charge in [0.05, 0.1) is 12.6 Å². The molecule has 3 rings (SSSR count). The average Bonchev–Trinajstić information content (AvgIpc) is 3.13. The Labute approximate surface area is 306 Å². The number of aliphatic hydroxyl groups is 1. The van der Waals surface area contributed by atoms with Crippen LogP contribution in [-0.2, 0) is 32.0 Å². The molecule has 1 aliphatic heterocycles. The second kappa shape index (κ2) is 21.9. The Hall–Kier alpha value is -4.28. The maximum atomic E-state index is 14.1. The summed E-state index contributed by atoms with van der Waals surface area (Å²) in [5.74, 6) is -2.11. The van der Waals surface area contributed by atoms with Gasteiger partial charge in [-0.15, -0.1) is 0 Å². The molecule has 288 valence electrons. The van der Waals surface area contributed by atoms with Gasteiger partial charge < -0.3 is 57.9 Å². The second-order valence-electron chi connectivity index (χ2n) is 13.2. The highest BCUT2D eigenvalue weighted by molar-refractivity contribution is 5.95. The number of likely N-dealkylation sites (N-methyl/N-ethyl adjacent to an activating group) is 2. The Morgan fingerprint density at radius 3 is 2.02 bits per heavy atom. The molecule has 15 nitrogen and oxygen atoms in total. The third kappa shape index (κ3) is 12.7. The fourth-order valence-corrected chi connectivity index (χ4v) is 6.16. The van der Waals surface area contributed by atoms with E-state index in [1.54, 1.807) is 58.5 Å². The number of benzene rings is 2. The summed E-state index contributed by atoms with van der Waals surface area (Å²) < 4.78 is 0. The van der Waals surface area contributed by atoms with Crippen LogP contribution in [0, 0.1) is 0 Å². The molecule has 11 N–H and O–H groups in total. The number of amides is 4. The molecule has 15 heteroatoms. The van der Waals surface area contributed by atoms with Crippen LogP contribution in [0.4, 0.5) is 0 Å². The quantitative estimate of drug-likeness (QED) is 0.0869. The molecule has 2 aromatic rings. The lowest BCUT2D eigenvalue weighted by atomic mass is 9.95. The fourth-order valence-electron chi connectivity index (χ4n) is 6.16. The largest absolute Gasteiger partial charge is 0.508 e. The summed E-state index contributed by atoms with van der Waals surface area (Å²) in [7, 11) is 6.96. The van der Waals surface area contributed by atoms with Gasteiger partial charge in [-0.05, 0) is 126 Å². The van der Waals surface area contributed by atoms with E-state index >= 15 is 0 Å². The van der Waals surface area contributed by atoms with E-state index in [1.165, 1.54) is 6.07 Å². The fraction of sp³-hybridized carbons (Fsp3) is 0.568. The van der Waals surface area contributed by atoms with E-state index in [2.05, 4.69) is 42.5 Å². The van der Waals surface area contributed by atoms with Gasteiger partial charge >= 0.3 is 0 Å². The van der Waals surface area contributed by atoms with Crippen LogP contribution in [0.1, 0.15) is 49.7 Å². The van der Waals surface area contributed by atoms with Crippen molar-refractivity contribution in [1.29, 1.82) is 0 Å². The van der Waals surface area contributed by atoms with Gasteiger partial charge in [-0.3, -0.25) is 19.2 Å². The Balaban J connectivity index is 1.99. The number of hydrogen-bond donors (Lipinski definition) is 11. The van der Waals surface area contributed by atoms with E-state index in [-0.39, 0.29) is 49.3 Å². The molecule has 4 bridgehead atoms. The minimum atomic E-state index is -1.22. The lowest BCUT2D eigenvalue weighted by Gasteiger charge is -2.27. The van der Waals surface area contributed by atoms with Crippen molar-refractivity contribution in [2.45, 2.75) is 81.6 Å². The molecule has 4 amide bonds. The maximum Gasteiger partial charge on any atom is 0.243 e. The van der Waals surface area contributed by atoms with Crippen molar-refractivity contribution < 1.29 is 34.5 Å². The Kier molecular flexibility index (Phi) is 17.8. The molecule has 52 heavy (non-hydrogen) atoms. The smallest absolute Gasteiger partial charge is 0.243 e. The molecule has 0 radical (unpaired) electrons. The van der Waals surface area contributed by atoms with E-state index in [1.807, 2.05) is 0 Å². The van der Waals surface area contributed by atoms with Crippen molar-refractivity contribution in [2.24, 2.45) is 0 Å². The number of nitrogens with one attached hydrogen (secondary N) is 8. The lowest BCUT2D eigenvalue weighted by Crippen LogP contribution is -2.58. The summed E-state index contributed by atoms with van der Waals surface area (Å²) >= 11 is 0. The number of fused-ring (bicyclic) bond motifs is 5. The molecule has 1 aliphatic rings. The third-order valence-electron chi connectivity index (χ3n) is 9.40. The average molecular weight is 727 g/mol. The molecule has 0 saturated carbocycles. The first-order valence-corrected chi connectivity index (χ1v) is 18.1. The van der Waals surface area contributed by atoms with Gasteiger partial charge in [0, 0.05) is 25.4 Å². The SMILES string of the molecule is CNCCC[C@H](NC(=O)[C@@H]1Cc2cc(ccc2O)-c2ccc(O)c(c2)C[C@H](NC)C(=O)N[C@@H](CCCNC)C(=O)N1)C(=O)NCCC[C@@H](CO)NC. The van der Waals surface area contributed by atoms with Crippen molar-refractivity contribution >= 4 is 23.6 Å². The third-order valence-corrected chi connectivity index (χ3v) is 9.40. The summed E-state index contributed by atoms with van der Waals surface area (Å²) in [6.45, 7) is 1.52. The normalized spacial score (nSPS) is 19.0. The molecule has 0 fully saturated rings. The molecule has 0 saturated heterocycles. The Morgan fingerprint density at radius 1 is 0.808 bits per heavy atom. The zero-order valence-electron chi connectivity index (χ0n) is 30.8. The van der Waals surface area contributed by atoms with Crippen LogP contribution in [0.5, 0.6) is 11.5 Å². The van der Waals surface area contributed by atoms with Crippen LogP contribution in [0.15, 0.2) is 36.4 Å². The molecule has 0 unspecified atom stereocenters. The van der Waals surface area contributed by atoms with Gasteiger partial charge in [0.15, 0.2) is 0 Å². The molecule has 2 aromatic carbocycles. The number of phenolic OH excluding ortho intramolecular Hbond substituents is 2. The van der Waals surface area contributed by atoms with Gasteiger partial charge in [-0.1, -0.05) is 12.1 Å². The van der Waals surface area contributed by atoms with Crippen molar-refractivity contribution in [1.82, 2.24) is 42.5 Å². The highest BCUT2D eigenvalue weighted by Gasteiger charge is 2.32. The minimum absolute atomic E-state index is 0.0146. The van der Waals surface area contributed by atoms with Crippen molar-refractivity contribution in [2.75, 3.05) is 54.4 Å². The van der Waals surface area contributed by atoms with Crippen LogP contribution in [-0.4, -0.2) is 124 Å². The Bertz CT molecular complexity index is 1470. The van der Waals surface area contributed by atoms with Gasteiger partial charge in [0.25, 0.3) is 0 Å². The predicted octanol–water partition coefficient (Wildman–Crippen LogP) is -0.618. The standard InChI is InChI=1S/C37H58N8O7/c1-38-15-6-9-28(34(49)42-17-5-8-27(22-46)40-3)43-37(52)31-21-26-19-24(12-14-33(26)48)23-11-13-32(47)25(18-23)20-30(41-4)36(51)44-29(35(50)45-31)10-7-16-39-2/h11-14,18-19,27-31,38-41,46-48H,5-10,15-17,20-22H2,1-4H3,(H,42,49)(H,43,52)(H,44,51)(H,45,50)/t27-,28-,29-,30-,31-/m0/s1. The van der Waals surface area contributed by atoms with Crippen molar-refractivity contribution in [3.05, 3.63) is 47.5 Å². The molecule has 0 spiro atoms. The van der Waals surface area contributed by atoms with Crippen LogP contribution in [0.3, 0.4) is 0 Å². The van der Waals surface area contributed by atoms with Gasteiger partial charge in [-0.2, -0.15) is 0 Å².